The highest BCUT2D eigenvalue weighted by atomic mass is 16.7. The fourth-order valence-electron chi connectivity index (χ4n) is 2.44. The van der Waals surface area contributed by atoms with Gasteiger partial charge in [-0.25, -0.2) is 0 Å². The molecule has 0 fully saturated rings. The molecule has 1 N–H and O–H groups in total. The van der Waals surface area contributed by atoms with E-state index in [-0.39, 0.29) is 6.04 Å². The van der Waals surface area contributed by atoms with Crippen LogP contribution >= 0.6 is 0 Å². The molecule has 2 heterocycles. The van der Waals surface area contributed by atoms with Crippen molar-refractivity contribution in [1.82, 2.24) is 15.1 Å². The van der Waals surface area contributed by atoms with E-state index in [2.05, 4.69) is 30.3 Å². The van der Waals surface area contributed by atoms with Crippen LogP contribution in [0.1, 0.15) is 29.8 Å². The molecule has 0 saturated heterocycles. The summed E-state index contributed by atoms with van der Waals surface area (Å²) in [5.74, 6) is 1.68. The molecule has 106 valence electrons. The molecule has 1 unspecified atom stereocenters. The fourth-order valence-corrected chi connectivity index (χ4v) is 2.44. The molecule has 1 aliphatic heterocycles. The van der Waals surface area contributed by atoms with Crippen LogP contribution in [0.3, 0.4) is 0 Å². The topological polar surface area (TPSA) is 48.3 Å². The molecule has 0 amide bonds. The van der Waals surface area contributed by atoms with Crippen molar-refractivity contribution in [2.75, 3.05) is 6.79 Å². The minimum Gasteiger partial charge on any atom is -0.454 e. The van der Waals surface area contributed by atoms with Gasteiger partial charge in [0, 0.05) is 36.5 Å². The fraction of sp³-hybridized carbons (Fsp3) is 0.400. The van der Waals surface area contributed by atoms with Crippen LogP contribution in [0.4, 0.5) is 0 Å². The SMILES string of the molecule is Cc1c(C(C)NCc2cccc3c2OCO3)cnn1C. The number of para-hydroxylation sites is 1. The number of hydrogen-bond acceptors (Lipinski definition) is 4. The number of benzene rings is 1. The highest BCUT2D eigenvalue weighted by molar-refractivity contribution is 5.48. The molecule has 20 heavy (non-hydrogen) atoms. The normalized spacial score (nSPS) is 14.6. The quantitative estimate of drug-likeness (QED) is 0.928. The predicted molar refractivity (Wildman–Crippen MR) is 75.8 cm³/mol. The van der Waals surface area contributed by atoms with Crippen LogP contribution < -0.4 is 14.8 Å². The first kappa shape index (κ1) is 13.0. The van der Waals surface area contributed by atoms with Gasteiger partial charge in [0.25, 0.3) is 0 Å². The highest BCUT2D eigenvalue weighted by Crippen LogP contribution is 2.35. The van der Waals surface area contributed by atoms with Gasteiger partial charge in [0.05, 0.1) is 6.20 Å². The molecule has 3 rings (SSSR count). The molecule has 5 heteroatoms. The monoisotopic (exact) mass is 273 g/mol. The summed E-state index contributed by atoms with van der Waals surface area (Å²) in [6.07, 6.45) is 1.92. The van der Waals surface area contributed by atoms with Crippen molar-refractivity contribution in [3.05, 3.63) is 41.2 Å². The Morgan fingerprint density at radius 3 is 3.00 bits per heavy atom. The van der Waals surface area contributed by atoms with Crippen molar-refractivity contribution < 1.29 is 9.47 Å². The lowest BCUT2D eigenvalue weighted by atomic mass is 10.1. The molecule has 0 bridgehead atoms. The third kappa shape index (κ3) is 2.25. The number of nitrogens with one attached hydrogen (secondary N) is 1. The van der Waals surface area contributed by atoms with E-state index in [0.717, 1.165) is 23.6 Å². The Bertz CT molecular complexity index is 622. The second kappa shape index (κ2) is 5.17. The highest BCUT2D eigenvalue weighted by Gasteiger charge is 2.18. The van der Waals surface area contributed by atoms with Crippen molar-refractivity contribution in [2.45, 2.75) is 26.4 Å². The number of hydrogen-bond donors (Lipinski definition) is 1. The number of ether oxygens (including phenoxy) is 2. The largest absolute Gasteiger partial charge is 0.454 e. The first-order chi connectivity index (χ1) is 9.66. The van der Waals surface area contributed by atoms with Crippen LogP contribution in [0, 0.1) is 6.92 Å². The van der Waals surface area contributed by atoms with E-state index in [1.54, 1.807) is 0 Å². The Kier molecular flexibility index (Phi) is 3.36. The standard InChI is InChI=1S/C15H19N3O2/c1-10(13-8-17-18(3)11(13)2)16-7-12-5-4-6-14-15(12)20-9-19-14/h4-6,8,10,16H,7,9H2,1-3H3. The summed E-state index contributed by atoms with van der Waals surface area (Å²) in [6.45, 7) is 5.27. The second-order valence-electron chi connectivity index (χ2n) is 5.06. The Morgan fingerprint density at radius 2 is 2.25 bits per heavy atom. The van der Waals surface area contributed by atoms with Gasteiger partial charge in [-0.3, -0.25) is 4.68 Å². The number of aryl methyl sites for hydroxylation is 1. The molecule has 1 atom stereocenters. The summed E-state index contributed by atoms with van der Waals surface area (Å²) in [5, 5.41) is 7.79. The summed E-state index contributed by atoms with van der Waals surface area (Å²) >= 11 is 0. The molecule has 2 aromatic rings. The maximum absolute atomic E-state index is 5.52. The lowest BCUT2D eigenvalue weighted by Gasteiger charge is -2.14. The zero-order chi connectivity index (χ0) is 14.1. The summed E-state index contributed by atoms with van der Waals surface area (Å²) in [4.78, 5) is 0. The Balaban J connectivity index is 1.71. The van der Waals surface area contributed by atoms with Crippen LogP contribution in [0.15, 0.2) is 24.4 Å². The molecular weight excluding hydrogens is 254 g/mol. The van der Waals surface area contributed by atoms with Crippen LogP contribution in [0.5, 0.6) is 11.5 Å². The Morgan fingerprint density at radius 1 is 1.40 bits per heavy atom. The van der Waals surface area contributed by atoms with Gasteiger partial charge in [-0.1, -0.05) is 12.1 Å². The van der Waals surface area contributed by atoms with Gasteiger partial charge in [-0.05, 0) is 19.9 Å². The van der Waals surface area contributed by atoms with Gasteiger partial charge < -0.3 is 14.8 Å². The van der Waals surface area contributed by atoms with Crippen LogP contribution in [0.2, 0.25) is 0 Å². The van der Waals surface area contributed by atoms with Crippen molar-refractivity contribution in [1.29, 1.82) is 0 Å². The van der Waals surface area contributed by atoms with E-state index in [1.165, 1.54) is 11.3 Å². The van der Waals surface area contributed by atoms with E-state index in [0.29, 0.717) is 6.79 Å². The van der Waals surface area contributed by atoms with Gasteiger partial charge in [-0.2, -0.15) is 5.10 Å². The van der Waals surface area contributed by atoms with Gasteiger partial charge in [-0.15, -0.1) is 0 Å². The second-order valence-corrected chi connectivity index (χ2v) is 5.06. The number of rotatable bonds is 4. The first-order valence-electron chi connectivity index (χ1n) is 6.76. The minimum atomic E-state index is 0.238. The van der Waals surface area contributed by atoms with Gasteiger partial charge in [0.2, 0.25) is 6.79 Å². The van der Waals surface area contributed by atoms with Crippen molar-refractivity contribution in [3.63, 3.8) is 0 Å². The first-order valence-corrected chi connectivity index (χ1v) is 6.76. The lowest BCUT2D eigenvalue weighted by molar-refractivity contribution is 0.173. The van der Waals surface area contributed by atoms with Crippen molar-refractivity contribution >= 4 is 0 Å². The number of aromatic nitrogens is 2. The molecule has 0 spiro atoms. The van der Waals surface area contributed by atoms with Gasteiger partial charge >= 0.3 is 0 Å². The summed E-state index contributed by atoms with van der Waals surface area (Å²) in [7, 11) is 1.96. The molecule has 0 radical (unpaired) electrons. The summed E-state index contributed by atoms with van der Waals surface area (Å²) in [6, 6.07) is 6.22. The van der Waals surface area contributed by atoms with Gasteiger partial charge in [0.1, 0.15) is 0 Å². The van der Waals surface area contributed by atoms with Crippen LogP contribution in [0.25, 0.3) is 0 Å². The molecule has 1 aliphatic rings. The minimum absolute atomic E-state index is 0.238. The van der Waals surface area contributed by atoms with E-state index in [1.807, 2.05) is 30.1 Å². The van der Waals surface area contributed by atoms with E-state index >= 15 is 0 Å². The third-order valence-corrected chi connectivity index (χ3v) is 3.82. The number of fused-ring (bicyclic) bond motifs is 1. The van der Waals surface area contributed by atoms with E-state index in [9.17, 15) is 0 Å². The molecule has 1 aromatic carbocycles. The molecular formula is C15H19N3O2. The summed E-state index contributed by atoms with van der Waals surface area (Å²) < 4.78 is 12.8. The van der Waals surface area contributed by atoms with E-state index < -0.39 is 0 Å². The smallest absolute Gasteiger partial charge is 0.231 e. The molecule has 0 saturated carbocycles. The Hall–Kier alpha value is -2.01. The zero-order valence-corrected chi connectivity index (χ0v) is 12.0. The predicted octanol–water partition coefficient (Wildman–Crippen LogP) is 2.31. The van der Waals surface area contributed by atoms with Gasteiger partial charge in [0.15, 0.2) is 11.5 Å². The molecule has 5 nitrogen and oxygen atoms in total. The van der Waals surface area contributed by atoms with Crippen molar-refractivity contribution in [2.24, 2.45) is 7.05 Å². The number of nitrogens with zero attached hydrogens (tertiary/aromatic N) is 2. The Labute approximate surface area is 118 Å². The summed E-state index contributed by atoms with van der Waals surface area (Å²) in [5.41, 5.74) is 3.52. The average Bonchev–Trinajstić information content (AvgIpc) is 3.04. The molecule has 1 aromatic heterocycles. The van der Waals surface area contributed by atoms with Crippen molar-refractivity contribution in [3.8, 4) is 11.5 Å². The van der Waals surface area contributed by atoms with E-state index in [4.69, 9.17) is 9.47 Å². The third-order valence-electron chi connectivity index (χ3n) is 3.82. The maximum Gasteiger partial charge on any atom is 0.231 e. The lowest BCUT2D eigenvalue weighted by Crippen LogP contribution is -2.19. The van der Waals surface area contributed by atoms with Crippen LogP contribution in [-0.2, 0) is 13.6 Å². The molecule has 0 aliphatic carbocycles. The van der Waals surface area contributed by atoms with Crippen LogP contribution in [-0.4, -0.2) is 16.6 Å². The zero-order valence-electron chi connectivity index (χ0n) is 12.0. The average molecular weight is 273 g/mol. The maximum atomic E-state index is 5.52.